The third-order valence-corrected chi connectivity index (χ3v) is 4.15. The van der Waals surface area contributed by atoms with Crippen molar-refractivity contribution in [2.75, 3.05) is 14.1 Å². The van der Waals surface area contributed by atoms with Crippen LogP contribution in [0.1, 0.15) is 19.3 Å². The molecule has 1 saturated heterocycles. The van der Waals surface area contributed by atoms with E-state index in [1.807, 2.05) is 0 Å². The molecule has 0 aromatic rings. The Kier molecular flexibility index (Phi) is 3.28. The number of likely N-dealkylation sites (tertiary alicyclic amines) is 1. The van der Waals surface area contributed by atoms with Gasteiger partial charge in [-0.2, -0.15) is 0 Å². The van der Waals surface area contributed by atoms with Crippen LogP contribution in [0.2, 0.25) is 0 Å². The number of carbonyl (C=O) groups excluding carboxylic acids is 3. The summed E-state index contributed by atoms with van der Waals surface area (Å²) in [4.78, 5) is 36.2. The van der Waals surface area contributed by atoms with Gasteiger partial charge in [-0.1, -0.05) is 6.42 Å². The third-order valence-electron chi connectivity index (χ3n) is 4.15. The summed E-state index contributed by atoms with van der Waals surface area (Å²) in [5.41, 5.74) is 0. The summed E-state index contributed by atoms with van der Waals surface area (Å²) in [5.74, 6) is -0.749. The van der Waals surface area contributed by atoms with E-state index in [9.17, 15) is 14.4 Å². The van der Waals surface area contributed by atoms with Gasteiger partial charge in [0.2, 0.25) is 11.8 Å². The lowest BCUT2D eigenvalue weighted by molar-refractivity contribution is -0.138. The van der Waals surface area contributed by atoms with Crippen molar-refractivity contribution in [3.05, 3.63) is 0 Å². The van der Waals surface area contributed by atoms with Gasteiger partial charge in [-0.15, -0.1) is 0 Å². The van der Waals surface area contributed by atoms with E-state index in [4.69, 9.17) is 0 Å². The van der Waals surface area contributed by atoms with E-state index in [0.29, 0.717) is 0 Å². The molecule has 5 nitrogen and oxygen atoms in total. The zero-order chi connectivity index (χ0) is 12.6. The first-order chi connectivity index (χ1) is 8.11. The Morgan fingerprint density at radius 1 is 1.35 bits per heavy atom. The fraction of sp³-hybridized carbons (Fsp3) is 0.750. The van der Waals surface area contributed by atoms with Crippen molar-refractivity contribution < 1.29 is 14.4 Å². The molecular weight excluding hydrogens is 220 g/mol. The first-order valence-electron chi connectivity index (χ1n) is 6.05. The molecule has 1 saturated carbocycles. The SMILES string of the molecule is CNC(C=O)C1CCCC2C(=O)N(C)C(=O)C21. The second kappa shape index (κ2) is 4.56. The number of nitrogens with zero attached hydrogens (tertiary/aromatic N) is 1. The van der Waals surface area contributed by atoms with Gasteiger partial charge in [-0.25, -0.2) is 0 Å². The average molecular weight is 238 g/mol. The monoisotopic (exact) mass is 238 g/mol. The number of carbonyl (C=O) groups is 3. The Morgan fingerprint density at radius 2 is 2.06 bits per heavy atom. The van der Waals surface area contributed by atoms with Crippen LogP contribution in [0.3, 0.4) is 0 Å². The standard InChI is InChI=1S/C12H18N2O3/c1-13-9(6-15)7-4-3-5-8-10(7)12(17)14(2)11(8)16/h6-10,13H,3-5H2,1-2H3. The lowest BCUT2D eigenvalue weighted by Gasteiger charge is -2.33. The summed E-state index contributed by atoms with van der Waals surface area (Å²) in [7, 11) is 3.25. The van der Waals surface area contributed by atoms with Crippen molar-refractivity contribution in [3.63, 3.8) is 0 Å². The van der Waals surface area contributed by atoms with Crippen LogP contribution in [0.25, 0.3) is 0 Å². The Labute approximate surface area is 101 Å². The van der Waals surface area contributed by atoms with E-state index in [0.717, 1.165) is 25.5 Å². The topological polar surface area (TPSA) is 66.5 Å². The lowest BCUT2D eigenvalue weighted by Crippen LogP contribution is -2.44. The summed E-state index contributed by atoms with van der Waals surface area (Å²) in [6.45, 7) is 0. The summed E-state index contributed by atoms with van der Waals surface area (Å²) in [6.07, 6.45) is 3.36. The molecule has 2 fully saturated rings. The highest BCUT2D eigenvalue weighted by molar-refractivity contribution is 6.05. The van der Waals surface area contributed by atoms with Crippen LogP contribution >= 0.6 is 0 Å². The number of nitrogens with one attached hydrogen (secondary N) is 1. The van der Waals surface area contributed by atoms with Crippen LogP contribution in [-0.4, -0.2) is 43.1 Å². The molecule has 94 valence electrons. The minimum Gasteiger partial charge on any atom is -0.311 e. The van der Waals surface area contributed by atoms with E-state index in [-0.39, 0.29) is 35.6 Å². The van der Waals surface area contributed by atoms with Crippen LogP contribution in [-0.2, 0) is 14.4 Å². The molecule has 0 spiro atoms. The van der Waals surface area contributed by atoms with Crippen LogP contribution in [0.15, 0.2) is 0 Å². The molecule has 0 radical (unpaired) electrons. The Balaban J connectivity index is 2.28. The van der Waals surface area contributed by atoms with Crippen molar-refractivity contribution in [2.24, 2.45) is 17.8 Å². The fourth-order valence-electron chi connectivity index (χ4n) is 3.23. The van der Waals surface area contributed by atoms with Crippen LogP contribution < -0.4 is 5.32 Å². The maximum Gasteiger partial charge on any atom is 0.233 e. The van der Waals surface area contributed by atoms with Crippen LogP contribution in [0.5, 0.6) is 0 Å². The van der Waals surface area contributed by atoms with Crippen molar-refractivity contribution in [2.45, 2.75) is 25.3 Å². The van der Waals surface area contributed by atoms with Crippen LogP contribution in [0.4, 0.5) is 0 Å². The number of hydrogen-bond donors (Lipinski definition) is 1. The summed E-state index contributed by atoms with van der Waals surface area (Å²) in [6, 6.07) is -0.328. The number of amides is 2. The number of imide groups is 1. The highest BCUT2D eigenvalue weighted by Crippen LogP contribution is 2.42. The van der Waals surface area contributed by atoms with Gasteiger partial charge >= 0.3 is 0 Å². The van der Waals surface area contributed by atoms with E-state index < -0.39 is 0 Å². The summed E-state index contributed by atoms with van der Waals surface area (Å²) < 4.78 is 0. The van der Waals surface area contributed by atoms with Gasteiger partial charge in [-0.05, 0) is 25.8 Å². The molecule has 1 aliphatic carbocycles. The number of aldehydes is 1. The van der Waals surface area contributed by atoms with Gasteiger partial charge < -0.3 is 10.1 Å². The molecule has 0 aromatic carbocycles. The Hall–Kier alpha value is -1.23. The molecule has 0 bridgehead atoms. The molecule has 2 amide bonds. The highest BCUT2D eigenvalue weighted by Gasteiger charge is 2.52. The van der Waals surface area contributed by atoms with Crippen molar-refractivity contribution in [3.8, 4) is 0 Å². The zero-order valence-corrected chi connectivity index (χ0v) is 10.2. The van der Waals surface area contributed by atoms with E-state index >= 15 is 0 Å². The number of likely N-dealkylation sites (N-methyl/N-ethyl adjacent to an activating group) is 1. The van der Waals surface area contributed by atoms with Gasteiger partial charge in [0.25, 0.3) is 0 Å². The number of rotatable bonds is 3. The molecule has 1 heterocycles. The largest absolute Gasteiger partial charge is 0.311 e. The first-order valence-corrected chi connectivity index (χ1v) is 6.05. The smallest absolute Gasteiger partial charge is 0.233 e. The molecule has 17 heavy (non-hydrogen) atoms. The fourth-order valence-corrected chi connectivity index (χ4v) is 3.23. The predicted molar refractivity (Wildman–Crippen MR) is 61.0 cm³/mol. The number of hydrogen-bond acceptors (Lipinski definition) is 4. The molecule has 1 aliphatic heterocycles. The highest BCUT2D eigenvalue weighted by atomic mass is 16.2. The molecule has 2 rings (SSSR count). The van der Waals surface area contributed by atoms with E-state index in [2.05, 4.69) is 5.32 Å². The summed E-state index contributed by atoms with van der Waals surface area (Å²) >= 11 is 0. The minimum absolute atomic E-state index is 0.0438. The normalized spacial score (nSPS) is 34.7. The van der Waals surface area contributed by atoms with Gasteiger partial charge in [0.15, 0.2) is 0 Å². The van der Waals surface area contributed by atoms with Crippen molar-refractivity contribution in [1.82, 2.24) is 10.2 Å². The second-order valence-electron chi connectivity index (χ2n) is 4.91. The summed E-state index contributed by atoms with van der Waals surface area (Å²) in [5, 5.41) is 2.93. The third kappa shape index (κ3) is 1.78. The zero-order valence-electron chi connectivity index (χ0n) is 10.2. The Morgan fingerprint density at radius 3 is 2.65 bits per heavy atom. The first kappa shape index (κ1) is 12.2. The minimum atomic E-state index is -0.328. The predicted octanol–water partition coefficient (Wildman–Crippen LogP) is -0.196. The maximum atomic E-state index is 12.1. The van der Waals surface area contributed by atoms with Gasteiger partial charge in [-0.3, -0.25) is 14.5 Å². The molecule has 5 heteroatoms. The quantitative estimate of drug-likeness (QED) is 0.546. The average Bonchev–Trinajstić information content (AvgIpc) is 2.57. The van der Waals surface area contributed by atoms with Gasteiger partial charge in [0.05, 0.1) is 17.9 Å². The van der Waals surface area contributed by atoms with Crippen LogP contribution in [0, 0.1) is 17.8 Å². The van der Waals surface area contributed by atoms with Gasteiger partial charge in [0.1, 0.15) is 6.29 Å². The van der Waals surface area contributed by atoms with Crippen molar-refractivity contribution in [1.29, 1.82) is 0 Å². The van der Waals surface area contributed by atoms with E-state index in [1.54, 1.807) is 7.05 Å². The number of fused-ring (bicyclic) bond motifs is 1. The molecule has 0 aromatic heterocycles. The van der Waals surface area contributed by atoms with Crippen molar-refractivity contribution >= 4 is 18.1 Å². The molecule has 1 N–H and O–H groups in total. The lowest BCUT2D eigenvalue weighted by atomic mass is 9.70. The molecule has 4 atom stereocenters. The Bertz CT molecular complexity index is 356. The maximum absolute atomic E-state index is 12.1. The van der Waals surface area contributed by atoms with E-state index in [1.165, 1.54) is 11.9 Å². The molecular formula is C12H18N2O3. The molecule has 4 unspecified atom stereocenters. The molecule has 2 aliphatic rings. The second-order valence-corrected chi connectivity index (χ2v) is 4.91. The van der Waals surface area contributed by atoms with Gasteiger partial charge in [0, 0.05) is 7.05 Å².